The Balaban J connectivity index is 0. The molecule has 0 fully saturated rings. The van der Waals surface area contributed by atoms with Crippen LogP contribution in [0, 0.1) is 0 Å². The van der Waals surface area contributed by atoms with Crippen molar-refractivity contribution in [3.05, 3.63) is 0 Å². The van der Waals surface area contributed by atoms with E-state index in [0.29, 0.717) is 6.54 Å². The van der Waals surface area contributed by atoms with Crippen molar-refractivity contribution in [2.45, 2.75) is 45.3 Å². The summed E-state index contributed by atoms with van der Waals surface area (Å²) >= 11 is 0. The molecular formula is C10H26N2O5S. The average Bonchev–Trinajstić information content (AvgIpc) is 2.28. The molecule has 0 saturated heterocycles. The van der Waals surface area contributed by atoms with Gasteiger partial charge in [-0.2, -0.15) is 8.42 Å². The maximum Gasteiger partial charge on any atom is 0.402 e. The lowest BCUT2D eigenvalue weighted by molar-refractivity contribution is -0.137. The number of rotatable bonds is 10. The van der Waals surface area contributed by atoms with Crippen LogP contribution in [0.4, 0.5) is 0 Å². The smallest absolute Gasteiger partial charge is 0.363 e. The lowest BCUT2D eigenvalue weighted by Gasteiger charge is -2.25. The topological polar surface area (TPSA) is 120 Å². The van der Waals surface area contributed by atoms with Crippen LogP contribution >= 0.6 is 0 Å². The normalized spacial score (nSPS) is 14.9. The van der Waals surface area contributed by atoms with E-state index in [1.54, 1.807) is 6.92 Å². The second-order valence-electron chi connectivity index (χ2n) is 3.84. The fraction of sp³-hybridized carbons (Fsp3) is 1.00. The zero-order chi connectivity index (χ0) is 13.4. The van der Waals surface area contributed by atoms with E-state index >= 15 is 0 Å². The second kappa shape index (κ2) is 9.65. The highest BCUT2D eigenvalue weighted by Crippen LogP contribution is 2.15. The number of aliphatic hydroxyl groups is 1. The van der Waals surface area contributed by atoms with E-state index in [-0.39, 0.29) is 19.1 Å². The van der Waals surface area contributed by atoms with Gasteiger partial charge >= 0.3 is 10.4 Å². The molecule has 0 heterocycles. The van der Waals surface area contributed by atoms with Crippen molar-refractivity contribution in [2.75, 3.05) is 20.2 Å². The molecule has 1 unspecified atom stereocenters. The lowest BCUT2D eigenvalue weighted by atomic mass is 10.2. The molecule has 0 aliphatic heterocycles. The SMILES string of the molecule is CCCCCNCC(O)(CC)OS(=O)(=O)OC.N. The molecule has 0 aromatic carbocycles. The highest BCUT2D eigenvalue weighted by atomic mass is 32.3. The maximum atomic E-state index is 11.1. The van der Waals surface area contributed by atoms with Gasteiger partial charge in [-0.15, -0.1) is 0 Å². The van der Waals surface area contributed by atoms with Crippen LogP contribution in [0.25, 0.3) is 0 Å². The number of unbranched alkanes of at least 4 members (excludes halogenated alkanes) is 2. The molecular weight excluding hydrogens is 260 g/mol. The van der Waals surface area contributed by atoms with Crippen LogP contribution in [-0.2, 0) is 18.8 Å². The molecule has 0 aromatic rings. The zero-order valence-corrected chi connectivity index (χ0v) is 12.3. The Kier molecular flexibility index (Phi) is 10.8. The fourth-order valence-electron chi connectivity index (χ4n) is 1.22. The maximum absolute atomic E-state index is 11.1. The first kappa shape index (κ1) is 20.1. The zero-order valence-electron chi connectivity index (χ0n) is 11.4. The summed E-state index contributed by atoms with van der Waals surface area (Å²) in [6.45, 7) is 4.50. The van der Waals surface area contributed by atoms with Crippen LogP contribution in [0.1, 0.15) is 39.5 Å². The van der Waals surface area contributed by atoms with Crippen LogP contribution in [-0.4, -0.2) is 39.5 Å². The van der Waals surface area contributed by atoms with Gasteiger partial charge in [0.1, 0.15) is 0 Å². The molecule has 0 saturated carbocycles. The highest BCUT2D eigenvalue weighted by molar-refractivity contribution is 7.81. The van der Waals surface area contributed by atoms with Crippen LogP contribution in [0.3, 0.4) is 0 Å². The molecule has 5 N–H and O–H groups in total. The third-order valence-electron chi connectivity index (χ3n) is 2.37. The van der Waals surface area contributed by atoms with Gasteiger partial charge in [0.25, 0.3) is 0 Å². The second-order valence-corrected chi connectivity index (χ2v) is 5.16. The van der Waals surface area contributed by atoms with Gasteiger partial charge in [-0.25, -0.2) is 4.18 Å². The van der Waals surface area contributed by atoms with Crippen LogP contribution in [0.15, 0.2) is 0 Å². The summed E-state index contributed by atoms with van der Waals surface area (Å²) in [7, 11) is -3.14. The summed E-state index contributed by atoms with van der Waals surface area (Å²) in [5.41, 5.74) is 0. The largest absolute Gasteiger partial charge is 0.402 e. The van der Waals surface area contributed by atoms with Gasteiger partial charge in [0, 0.05) is 6.42 Å². The van der Waals surface area contributed by atoms with Crippen molar-refractivity contribution in [2.24, 2.45) is 0 Å². The molecule has 0 radical (unpaired) electrons. The minimum absolute atomic E-state index is 0. The molecule has 8 heteroatoms. The fourth-order valence-corrected chi connectivity index (χ4v) is 1.85. The van der Waals surface area contributed by atoms with E-state index in [2.05, 4.69) is 20.6 Å². The summed E-state index contributed by atoms with van der Waals surface area (Å²) in [5, 5.41) is 12.9. The summed E-state index contributed by atoms with van der Waals surface area (Å²) in [6, 6.07) is 0. The van der Waals surface area contributed by atoms with Gasteiger partial charge in [-0.05, 0) is 13.0 Å². The highest BCUT2D eigenvalue weighted by Gasteiger charge is 2.32. The minimum Gasteiger partial charge on any atom is -0.363 e. The van der Waals surface area contributed by atoms with E-state index in [0.717, 1.165) is 26.4 Å². The van der Waals surface area contributed by atoms with Crippen LogP contribution in [0.5, 0.6) is 0 Å². The first-order chi connectivity index (χ1) is 7.89. The Bertz CT molecular complexity index is 297. The van der Waals surface area contributed by atoms with Crippen molar-refractivity contribution >= 4 is 10.4 Å². The molecule has 0 aliphatic carbocycles. The predicted molar refractivity (Wildman–Crippen MR) is 69.7 cm³/mol. The van der Waals surface area contributed by atoms with Crippen molar-refractivity contribution < 1.29 is 21.9 Å². The van der Waals surface area contributed by atoms with Crippen molar-refractivity contribution in [3.8, 4) is 0 Å². The van der Waals surface area contributed by atoms with Crippen molar-refractivity contribution in [3.63, 3.8) is 0 Å². The van der Waals surface area contributed by atoms with E-state index in [1.807, 2.05) is 0 Å². The quantitative estimate of drug-likeness (QED) is 0.403. The van der Waals surface area contributed by atoms with Crippen molar-refractivity contribution in [1.82, 2.24) is 11.5 Å². The van der Waals surface area contributed by atoms with Gasteiger partial charge in [-0.3, -0.25) is 4.18 Å². The lowest BCUT2D eigenvalue weighted by Crippen LogP contribution is -2.44. The van der Waals surface area contributed by atoms with Gasteiger partial charge in [0.2, 0.25) is 0 Å². The third kappa shape index (κ3) is 8.78. The average molecular weight is 286 g/mol. The Hall–Kier alpha value is -0.250. The molecule has 0 spiro atoms. The van der Waals surface area contributed by atoms with Gasteiger partial charge in [0.05, 0.1) is 13.7 Å². The summed E-state index contributed by atoms with van der Waals surface area (Å²) in [4.78, 5) is 0. The summed E-state index contributed by atoms with van der Waals surface area (Å²) in [5.74, 6) is -1.75. The molecule has 0 aliphatic rings. The molecule has 1 atom stereocenters. The molecule has 0 bridgehead atoms. The summed E-state index contributed by atoms with van der Waals surface area (Å²) < 4.78 is 30.9. The van der Waals surface area contributed by atoms with Gasteiger partial charge in [-0.1, -0.05) is 26.7 Å². The molecule has 0 rings (SSSR count). The minimum atomic E-state index is -4.13. The van der Waals surface area contributed by atoms with Crippen molar-refractivity contribution in [1.29, 1.82) is 0 Å². The van der Waals surface area contributed by atoms with Gasteiger partial charge in [0.15, 0.2) is 5.79 Å². The molecule has 0 aromatic heterocycles. The number of hydrogen-bond acceptors (Lipinski definition) is 7. The van der Waals surface area contributed by atoms with Crippen LogP contribution < -0.4 is 11.5 Å². The first-order valence-corrected chi connectivity index (χ1v) is 7.16. The van der Waals surface area contributed by atoms with Gasteiger partial charge < -0.3 is 16.6 Å². The Morgan fingerprint density at radius 1 is 1.28 bits per heavy atom. The number of hydrogen-bond donors (Lipinski definition) is 3. The number of nitrogens with one attached hydrogen (secondary N) is 1. The van der Waals surface area contributed by atoms with E-state index in [9.17, 15) is 13.5 Å². The van der Waals surface area contributed by atoms with E-state index in [4.69, 9.17) is 0 Å². The third-order valence-corrected chi connectivity index (χ3v) is 3.29. The summed E-state index contributed by atoms with van der Waals surface area (Å²) in [6.07, 6.45) is 3.33. The molecule has 7 nitrogen and oxygen atoms in total. The molecule has 18 heavy (non-hydrogen) atoms. The standard InChI is InChI=1S/C10H23NO5S.H3N/c1-4-6-7-8-11-9-10(12,5-2)16-17(13,14)15-3;/h11-12H,4-9H2,1-3H3;1H3. The Labute approximate surface area is 110 Å². The van der Waals surface area contributed by atoms with E-state index < -0.39 is 16.2 Å². The first-order valence-electron chi connectivity index (χ1n) is 5.83. The molecule has 112 valence electrons. The Morgan fingerprint density at radius 2 is 1.89 bits per heavy atom. The molecule has 0 amide bonds. The Morgan fingerprint density at radius 3 is 2.33 bits per heavy atom. The van der Waals surface area contributed by atoms with E-state index in [1.165, 1.54) is 0 Å². The monoisotopic (exact) mass is 286 g/mol. The van der Waals surface area contributed by atoms with Crippen LogP contribution in [0.2, 0.25) is 0 Å². The predicted octanol–water partition coefficient (Wildman–Crippen LogP) is 0.935.